The zero-order valence-corrected chi connectivity index (χ0v) is 49.6. The quantitative estimate of drug-likeness (QED) is 0.0261. The van der Waals surface area contributed by atoms with Crippen LogP contribution in [0.1, 0.15) is 316 Å². The molecule has 0 amide bonds. The van der Waals surface area contributed by atoms with Gasteiger partial charge in [0.15, 0.2) is 6.10 Å². The summed E-state index contributed by atoms with van der Waals surface area (Å²) in [6, 6.07) is 0. The molecule has 1 atom stereocenters. The van der Waals surface area contributed by atoms with Crippen molar-refractivity contribution in [2.75, 3.05) is 13.2 Å². The van der Waals surface area contributed by atoms with Crippen molar-refractivity contribution >= 4 is 17.9 Å². The van der Waals surface area contributed by atoms with Gasteiger partial charge in [0.1, 0.15) is 13.2 Å². The Kier molecular flexibility index (Phi) is 60.3. The summed E-state index contributed by atoms with van der Waals surface area (Å²) in [5.74, 6) is -0.891. The minimum atomic E-state index is -0.781. The number of allylic oxidation sites excluding steroid dienone is 14. The van der Waals surface area contributed by atoms with Crippen LogP contribution < -0.4 is 0 Å². The van der Waals surface area contributed by atoms with E-state index >= 15 is 0 Å². The zero-order chi connectivity index (χ0) is 54.3. The van der Waals surface area contributed by atoms with E-state index in [9.17, 15) is 14.4 Å². The van der Waals surface area contributed by atoms with Crippen LogP contribution in [0, 0.1) is 0 Å². The average Bonchev–Trinajstić information content (AvgIpc) is 3.41. The maximum Gasteiger partial charge on any atom is 0.306 e. The molecule has 75 heavy (non-hydrogen) atoms. The molecule has 0 spiro atoms. The lowest BCUT2D eigenvalue weighted by molar-refractivity contribution is -0.167. The largest absolute Gasteiger partial charge is 0.462 e. The Balaban J connectivity index is 4.16. The highest BCUT2D eigenvalue weighted by Crippen LogP contribution is 2.16. The molecule has 1 unspecified atom stereocenters. The number of hydrogen-bond acceptors (Lipinski definition) is 6. The van der Waals surface area contributed by atoms with Crippen molar-refractivity contribution in [1.29, 1.82) is 0 Å². The van der Waals surface area contributed by atoms with Gasteiger partial charge < -0.3 is 14.2 Å². The predicted octanol–water partition coefficient (Wildman–Crippen LogP) is 21.9. The minimum absolute atomic E-state index is 0.0794. The third-order valence-electron chi connectivity index (χ3n) is 13.9. The second-order valence-electron chi connectivity index (χ2n) is 21.3. The fourth-order valence-corrected chi connectivity index (χ4v) is 9.09. The highest BCUT2D eigenvalue weighted by Gasteiger charge is 2.19. The first-order valence-electron chi connectivity index (χ1n) is 32.1. The second-order valence-corrected chi connectivity index (χ2v) is 21.3. The van der Waals surface area contributed by atoms with E-state index in [1.165, 1.54) is 167 Å². The topological polar surface area (TPSA) is 78.9 Å². The Morgan fingerprint density at radius 2 is 0.520 bits per heavy atom. The maximum absolute atomic E-state index is 12.9. The summed E-state index contributed by atoms with van der Waals surface area (Å²) in [6.07, 6.45) is 83.3. The van der Waals surface area contributed by atoms with Gasteiger partial charge >= 0.3 is 17.9 Å². The number of unbranched alkanes of at least 4 members (excludes halogenated alkanes) is 33. The van der Waals surface area contributed by atoms with Crippen LogP contribution in [0.15, 0.2) is 85.1 Å². The Labute approximate surface area is 465 Å². The van der Waals surface area contributed by atoms with E-state index in [0.29, 0.717) is 19.3 Å². The molecule has 0 aliphatic heterocycles. The van der Waals surface area contributed by atoms with Crippen LogP contribution in [0.3, 0.4) is 0 Å². The van der Waals surface area contributed by atoms with Crippen molar-refractivity contribution in [2.24, 2.45) is 0 Å². The van der Waals surface area contributed by atoms with Gasteiger partial charge in [0, 0.05) is 19.3 Å². The number of carbonyl (C=O) groups excluding carboxylic acids is 3. The molecular formula is C69H120O6. The number of rotatable bonds is 58. The van der Waals surface area contributed by atoms with E-state index in [1.54, 1.807) is 0 Å². The second kappa shape index (κ2) is 63.1. The minimum Gasteiger partial charge on any atom is -0.462 e. The van der Waals surface area contributed by atoms with Crippen molar-refractivity contribution in [1.82, 2.24) is 0 Å². The SMILES string of the molecule is CC/C=C\C/C=C\C/C=C\C/C=C\C/C=C\C/C=C\CCCCCCCCC(=O)OCC(COC(=O)CCCCCCCCC)OC(=O)CCCCCCCCCCCCCCC/C=C\CCCCCCCCCC. The third-order valence-corrected chi connectivity index (χ3v) is 13.9. The number of ether oxygens (including phenoxy) is 3. The summed E-state index contributed by atoms with van der Waals surface area (Å²) >= 11 is 0. The monoisotopic (exact) mass is 1040 g/mol. The van der Waals surface area contributed by atoms with Crippen molar-refractivity contribution in [3.8, 4) is 0 Å². The van der Waals surface area contributed by atoms with Crippen molar-refractivity contribution in [3.63, 3.8) is 0 Å². The molecule has 0 saturated heterocycles. The van der Waals surface area contributed by atoms with Crippen molar-refractivity contribution in [2.45, 2.75) is 322 Å². The van der Waals surface area contributed by atoms with Crippen molar-refractivity contribution in [3.05, 3.63) is 85.1 Å². The van der Waals surface area contributed by atoms with E-state index in [1.807, 2.05) is 0 Å². The van der Waals surface area contributed by atoms with Gasteiger partial charge in [-0.25, -0.2) is 0 Å². The van der Waals surface area contributed by atoms with Crippen LogP contribution in [0.4, 0.5) is 0 Å². The molecule has 0 radical (unpaired) electrons. The highest BCUT2D eigenvalue weighted by atomic mass is 16.6. The molecule has 0 heterocycles. The van der Waals surface area contributed by atoms with Crippen LogP contribution in [0.25, 0.3) is 0 Å². The summed E-state index contributed by atoms with van der Waals surface area (Å²) in [6.45, 7) is 6.50. The lowest BCUT2D eigenvalue weighted by Crippen LogP contribution is -2.30. The van der Waals surface area contributed by atoms with Gasteiger partial charge in [0.2, 0.25) is 0 Å². The van der Waals surface area contributed by atoms with Crippen LogP contribution >= 0.6 is 0 Å². The summed E-state index contributed by atoms with van der Waals surface area (Å²) in [4.78, 5) is 38.1. The number of esters is 3. The number of hydrogen-bond donors (Lipinski definition) is 0. The Morgan fingerprint density at radius 3 is 0.827 bits per heavy atom. The highest BCUT2D eigenvalue weighted by molar-refractivity contribution is 5.71. The van der Waals surface area contributed by atoms with Crippen molar-refractivity contribution < 1.29 is 28.6 Å². The molecule has 0 bridgehead atoms. The third kappa shape index (κ3) is 61.3. The van der Waals surface area contributed by atoms with Gasteiger partial charge in [0.05, 0.1) is 0 Å². The Hall–Kier alpha value is -3.41. The number of carbonyl (C=O) groups is 3. The predicted molar refractivity (Wildman–Crippen MR) is 325 cm³/mol. The van der Waals surface area contributed by atoms with Crippen LogP contribution in [-0.2, 0) is 28.6 Å². The summed E-state index contributed by atoms with van der Waals surface area (Å²) < 4.78 is 16.8. The van der Waals surface area contributed by atoms with Crippen LogP contribution in [-0.4, -0.2) is 37.2 Å². The zero-order valence-electron chi connectivity index (χ0n) is 49.6. The van der Waals surface area contributed by atoms with Gasteiger partial charge in [-0.05, 0) is 96.3 Å². The van der Waals surface area contributed by atoms with Crippen LogP contribution in [0.2, 0.25) is 0 Å². The molecule has 0 N–H and O–H groups in total. The summed E-state index contributed by atoms with van der Waals surface area (Å²) in [5.41, 5.74) is 0. The van der Waals surface area contributed by atoms with Crippen LogP contribution in [0.5, 0.6) is 0 Å². The maximum atomic E-state index is 12.9. The molecule has 6 heteroatoms. The molecule has 0 aromatic heterocycles. The Morgan fingerprint density at radius 1 is 0.280 bits per heavy atom. The molecule has 0 aromatic rings. The molecule has 0 fully saturated rings. The van der Waals surface area contributed by atoms with E-state index in [4.69, 9.17) is 14.2 Å². The van der Waals surface area contributed by atoms with Gasteiger partial charge in [-0.3, -0.25) is 14.4 Å². The fraction of sp³-hybridized carbons (Fsp3) is 0.754. The molecule has 0 rings (SSSR count). The summed E-state index contributed by atoms with van der Waals surface area (Å²) in [5, 5.41) is 0. The van der Waals surface area contributed by atoms with Gasteiger partial charge in [-0.15, -0.1) is 0 Å². The molecule has 6 nitrogen and oxygen atoms in total. The van der Waals surface area contributed by atoms with E-state index in [-0.39, 0.29) is 31.1 Å². The molecule has 0 aromatic carbocycles. The first-order valence-corrected chi connectivity index (χ1v) is 32.1. The lowest BCUT2D eigenvalue weighted by Gasteiger charge is -2.18. The molecule has 0 aliphatic carbocycles. The first-order chi connectivity index (χ1) is 37.0. The van der Waals surface area contributed by atoms with E-state index in [2.05, 4.69) is 106 Å². The molecule has 0 aliphatic rings. The van der Waals surface area contributed by atoms with Gasteiger partial charge in [-0.2, -0.15) is 0 Å². The standard InChI is InChI=1S/C69H120O6/c1-4-7-10-13-16-18-20-22-24-26-28-30-32-34-36-38-40-42-44-46-48-50-53-56-59-62-68(71)74-65-66(64-73-67(70)61-58-55-52-15-12-9-6-3)75-69(72)63-60-57-54-51-49-47-45-43-41-39-37-35-33-31-29-27-25-23-21-19-17-14-11-8-5-2/h7,10,16,18,22,24,27-30,34,36,40,42,66H,4-6,8-9,11-15,17,19-21,23,25-26,31-33,35,37-39,41,43-65H2,1-3H3/b10-7-,18-16-,24-22-,29-27-,30-28-,36-34-,42-40-. The van der Waals surface area contributed by atoms with Gasteiger partial charge in [0.25, 0.3) is 0 Å². The average molecular weight is 1050 g/mol. The lowest BCUT2D eigenvalue weighted by atomic mass is 10.0. The molecular weight excluding hydrogens is 925 g/mol. The first kappa shape index (κ1) is 71.6. The fourth-order valence-electron chi connectivity index (χ4n) is 9.09. The molecule has 432 valence electrons. The smallest absolute Gasteiger partial charge is 0.306 e. The Bertz CT molecular complexity index is 1430. The normalized spacial score (nSPS) is 12.6. The van der Waals surface area contributed by atoms with E-state index in [0.717, 1.165) is 109 Å². The van der Waals surface area contributed by atoms with E-state index < -0.39 is 6.10 Å². The van der Waals surface area contributed by atoms with Gasteiger partial charge in [-0.1, -0.05) is 286 Å². The summed E-state index contributed by atoms with van der Waals surface area (Å²) in [7, 11) is 0. The molecule has 0 saturated carbocycles.